The van der Waals surface area contributed by atoms with Crippen molar-refractivity contribution in [1.82, 2.24) is 4.48 Å². The van der Waals surface area contributed by atoms with Crippen LogP contribution in [0.5, 0.6) is 5.75 Å². The number of benzene rings is 4. The molecule has 37 heavy (non-hydrogen) atoms. The SMILES string of the molecule is OCC1=C[N+](c2cc(Cl)cc3c2OCOC3)(C(c2ccccc2)(c2ccccc2)c2ccccc2)C=N1. The zero-order valence-electron chi connectivity index (χ0n) is 20.1. The second kappa shape index (κ2) is 9.61. The summed E-state index contributed by atoms with van der Waals surface area (Å²) >= 11 is 6.74. The topological polar surface area (TPSA) is 51.0 Å². The molecule has 1 unspecified atom stereocenters. The van der Waals surface area contributed by atoms with E-state index >= 15 is 0 Å². The third kappa shape index (κ3) is 3.71. The fourth-order valence-electron chi connectivity index (χ4n) is 5.66. The minimum Gasteiger partial charge on any atom is -0.461 e. The highest BCUT2D eigenvalue weighted by Gasteiger charge is 2.58. The quantitative estimate of drug-likeness (QED) is 0.242. The van der Waals surface area contributed by atoms with E-state index in [0.29, 0.717) is 23.1 Å². The van der Waals surface area contributed by atoms with Crippen LogP contribution in [0.15, 0.2) is 120 Å². The highest BCUT2D eigenvalue weighted by molar-refractivity contribution is 6.31. The summed E-state index contributed by atoms with van der Waals surface area (Å²) in [6, 6.07) is 35.0. The summed E-state index contributed by atoms with van der Waals surface area (Å²) in [5.74, 6) is 0.713. The molecule has 0 radical (unpaired) electrons. The summed E-state index contributed by atoms with van der Waals surface area (Å²) in [6.45, 7) is 0.341. The van der Waals surface area contributed by atoms with Crippen molar-refractivity contribution < 1.29 is 14.6 Å². The van der Waals surface area contributed by atoms with Crippen molar-refractivity contribution in [2.45, 2.75) is 12.1 Å². The molecule has 6 heteroatoms. The lowest BCUT2D eigenvalue weighted by molar-refractivity contribution is -0.0168. The Morgan fingerprint density at radius 3 is 1.92 bits per heavy atom. The van der Waals surface area contributed by atoms with Crippen LogP contribution in [-0.2, 0) is 16.9 Å². The number of quaternary nitrogens is 1. The summed E-state index contributed by atoms with van der Waals surface area (Å²) in [7, 11) is 0. The van der Waals surface area contributed by atoms with Crippen molar-refractivity contribution in [2.75, 3.05) is 13.4 Å². The first-order valence-electron chi connectivity index (χ1n) is 12.2. The van der Waals surface area contributed by atoms with E-state index in [2.05, 4.69) is 36.4 Å². The molecule has 0 saturated carbocycles. The van der Waals surface area contributed by atoms with Gasteiger partial charge < -0.3 is 14.6 Å². The largest absolute Gasteiger partial charge is 0.461 e. The molecule has 2 aliphatic heterocycles. The Kier molecular flexibility index (Phi) is 6.14. The van der Waals surface area contributed by atoms with Crippen LogP contribution >= 0.6 is 11.6 Å². The van der Waals surface area contributed by atoms with E-state index in [1.54, 1.807) is 0 Å². The van der Waals surface area contributed by atoms with E-state index in [4.69, 9.17) is 26.1 Å². The Labute approximate surface area is 221 Å². The molecular formula is C31H26ClN2O3+. The van der Waals surface area contributed by atoms with Crippen LogP contribution in [0.4, 0.5) is 5.69 Å². The number of ether oxygens (including phenoxy) is 2. The van der Waals surface area contributed by atoms with Gasteiger partial charge in [0.15, 0.2) is 23.8 Å². The average molecular weight is 510 g/mol. The van der Waals surface area contributed by atoms with Gasteiger partial charge in [-0.05, 0) is 6.07 Å². The molecule has 1 atom stereocenters. The molecule has 1 N–H and O–H groups in total. The van der Waals surface area contributed by atoms with Crippen LogP contribution in [0.3, 0.4) is 0 Å². The zero-order chi connectivity index (χ0) is 25.3. The minimum absolute atomic E-state index is 0.101. The van der Waals surface area contributed by atoms with E-state index in [9.17, 15) is 5.11 Å². The maximum atomic E-state index is 10.2. The van der Waals surface area contributed by atoms with Gasteiger partial charge in [-0.15, -0.1) is 0 Å². The number of aliphatic hydroxyl groups excluding tert-OH is 1. The first-order chi connectivity index (χ1) is 18.2. The van der Waals surface area contributed by atoms with Crippen molar-refractivity contribution in [1.29, 1.82) is 0 Å². The van der Waals surface area contributed by atoms with Crippen molar-refractivity contribution in [3.63, 3.8) is 0 Å². The summed E-state index contributed by atoms with van der Waals surface area (Å²) in [5.41, 5.74) is 4.56. The second-order valence-electron chi connectivity index (χ2n) is 9.13. The molecule has 0 aliphatic carbocycles. The predicted molar refractivity (Wildman–Crippen MR) is 146 cm³/mol. The van der Waals surface area contributed by atoms with Crippen LogP contribution < -0.4 is 9.22 Å². The first-order valence-corrected chi connectivity index (χ1v) is 12.5. The maximum absolute atomic E-state index is 10.2. The van der Waals surface area contributed by atoms with Gasteiger partial charge in [-0.1, -0.05) is 103 Å². The van der Waals surface area contributed by atoms with Gasteiger partial charge in [0, 0.05) is 33.3 Å². The lowest BCUT2D eigenvalue weighted by Gasteiger charge is -2.48. The fourth-order valence-corrected chi connectivity index (χ4v) is 5.89. The standard InChI is InChI=1S/C31H26ClN2O3/c32-27-16-23-20-36-22-37-30(23)29(17-27)34(18-28(19-35)33-21-34)31(24-10-4-1-5-11-24,25-12-6-2-7-13-25)26-14-8-3-9-15-26/h1-18,21,35H,19-20,22H2/q+1. The number of aliphatic imine (C=N–C) groups is 1. The summed E-state index contributed by atoms with van der Waals surface area (Å²) < 4.78 is 11.9. The summed E-state index contributed by atoms with van der Waals surface area (Å²) in [4.78, 5) is 4.73. The van der Waals surface area contributed by atoms with Gasteiger partial charge in [0.1, 0.15) is 11.9 Å². The zero-order valence-corrected chi connectivity index (χ0v) is 20.9. The molecule has 0 spiro atoms. The maximum Gasteiger partial charge on any atom is 0.201 e. The van der Waals surface area contributed by atoms with Gasteiger partial charge in [-0.25, -0.2) is 4.48 Å². The lowest BCUT2D eigenvalue weighted by atomic mass is 9.73. The van der Waals surface area contributed by atoms with Gasteiger partial charge >= 0.3 is 0 Å². The Morgan fingerprint density at radius 2 is 1.41 bits per heavy atom. The Morgan fingerprint density at radius 1 is 0.838 bits per heavy atom. The van der Waals surface area contributed by atoms with Gasteiger partial charge in [0.25, 0.3) is 0 Å². The van der Waals surface area contributed by atoms with Crippen molar-refractivity contribution in [3.05, 3.63) is 142 Å². The fraction of sp³-hybridized carbons (Fsp3) is 0.129. The molecule has 0 bridgehead atoms. The molecule has 2 aliphatic rings. The third-order valence-corrected chi connectivity index (χ3v) is 7.32. The Hall–Kier alpha value is -3.74. The Bertz CT molecular complexity index is 1380. The molecular weight excluding hydrogens is 484 g/mol. The van der Waals surface area contributed by atoms with E-state index in [-0.39, 0.29) is 17.9 Å². The van der Waals surface area contributed by atoms with Crippen LogP contribution in [0.25, 0.3) is 0 Å². The third-order valence-electron chi connectivity index (χ3n) is 7.10. The molecule has 0 amide bonds. The number of nitrogens with zero attached hydrogens (tertiary/aromatic N) is 2. The van der Waals surface area contributed by atoms with E-state index in [0.717, 1.165) is 27.9 Å². The van der Waals surface area contributed by atoms with Crippen LogP contribution in [0, 0.1) is 0 Å². The van der Waals surface area contributed by atoms with Crippen molar-refractivity contribution >= 4 is 23.6 Å². The van der Waals surface area contributed by atoms with E-state index in [1.165, 1.54) is 0 Å². The molecule has 5 nitrogen and oxygen atoms in total. The van der Waals surface area contributed by atoms with Crippen LogP contribution in [0.2, 0.25) is 5.02 Å². The molecule has 2 heterocycles. The average Bonchev–Trinajstić information content (AvgIpc) is 3.40. The molecule has 0 aromatic heterocycles. The van der Waals surface area contributed by atoms with Gasteiger partial charge in [0.2, 0.25) is 6.34 Å². The summed E-state index contributed by atoms with van der Waals surface area (Å²) in [6.07, 6.45) is 3.90. The molecule has 0 fully saturated rings. The monoisotopic (exact) mass is 509 g/mol. The highest BCUT2D eigenvalue weighted by atomic mass is 35.5. The lowest BCUT2D eigenvalue weighted by Crippen LogP contribution is -2.60. The van der Waals surface area contributed by atoms with Gasteiger partial charge in [-0.2, -0.15) is 4.99 Å². The second-order valence-corrected chi connectivity index (χ2v) is 9.57. The van der Waals surface area contributed by atoms with E-state index in [1.807, 2.05) is 79.3 Å². The smallest absolute Gasteiger partial charge is 0.201 e. The number of aliphatic hydroxyl groups is 1. The van der Waals surface area contributed by atoms with Gasteiger partial charge in [0.05, 0.1) is 13.2 Å². The highest BCUT2D eigenvalue weighted by Crippen LogP contribution is 2.55. The minimum atomic E-state index is -0.843. The Balaban J connectivity index is 1.82. The van der Waals surface area contributed by atoms with Gasteiger partial charge in [-0.3, -0.25) is 0 Å². The first kappa shape index (κ1) is 23.6. The molecule has 6 rings (SSSR count). The number of hydrogen-bond acceptors (Lipinski definition) is 4. The molecule has 0 saturated heterocycles. The number of hydrogen-bond donors (Lipinski definition) is 1. The van der Waals surface area contributed by atoms with Crippen molar-refractivity contribution in [3.8, 4) is 5.75 Å². The summed E-state index contributed by atoms with van der Waals surface area (Å²) in [5, 5.41) is 10.8. The van der Waals surface area contributed by atoms with Crippen LogP contribution in [0.1, 0.15) is 22.3 Å². The van der Waals surface area contributed by atoms with Crippen molar-refractivity contribution in [2.24, 2.45) is 4.99 Å². The molecule has 4 aromatic rings. The number of rotatable bonds is 6. The molecule has 184 valence electrons. The van der Waals surface area contributed by atoms with Crippen LogP contribution in [-0.4, -0.2) is 24.8 Å². The molecule has 4 aromatic carbocycles. The predicted octanol–water partition coefficient (Wildman–Crippen LogP) is 6.38. The number of fused-ring (bicyclic) bond motifs is 1. The normalized spacial score (nSPS) is 18.7. The van der Waals surface area contributed by atoms with E-state index < -0.39 is 5.54 Å². The number of halogens is 1.